The summed E-state index contributed by atoms with van der Waals surface area (Å²) in [7, 11) is 0. The van der Waals surface area contributed by atoms with E-state index in [1.807, 2.05) is 19.9 Å². The van der Waals surface area contributed by atoms with Crippen LogP contribution in [-0.4, -0.2) is 0 Å². The second-order valence-corrected chi connectivity index (χ2v) is 4.30. The maximum absolute atomic E-state index is 10.6. The summed E-state index contributed by atoms with van der Waals surface area (Å²) < 4.78 is 0. The van der Waals surface area contributed by atoms with E-state index in [9.17, 15) is 10.5 Å². The van der Waals surface area contributed by atoms with Gasteiger partial charge >= 0.3 is 6.07 Å². The molecule has 2 atom stereocenters. The van der Waals surface area contributed by atoms with Crippen molar-refractivity contribution in [2.75, 3.05) is 0 Å². The Hall–Kier alpha value is -1.74. The smallest absolute Gasteiger partial charge is 0.311 e. The molecule has 0 amide bonds. The van der Waals surface area contributed by atoms with Crippen LogP contribution in [0.5, 0.6) is 0 Å². The van der Waals surface area contributed by atoms with Crippen LogP contribution in [0.1, 0.15) is 40.0 Å². The number of rotatable bonds is 3. The molecule has 0 aromatic heterocycles. The lowest BCUT2D eigenvalue weighted by Crippen LogP contribution is -2.29. The normalized spacial score (nSPS) is 27.3. The van der Waals surface area contributed by atoms with Gasteiger partial charge in [0.2, 0.25) is 0 Å². The van der Waals surface area contributed by atoms with E-state index >= 15 is 0 Å². The Kier molecular flexibility index (Phi) is 4.35. The second-order valence-electron chi connectivity index (χ2n) is 4.30. The summed E-state index contributed by atoms with van der Waals surface area (Å²) in [5.74, 6) is -0.314. The van der Waals surface area contributed by atoms with E-state index in [0.29, 0.717) is 6.42 Å². The van der Waals surface area contributed by atoms with Crippen molar-refractivity contribution >= 4 is 0 Å². The molecule has 0 aliphatic heterocycles. The van der Waals surface area contributed by atoms with E-state index < -0.39 is 5.41 Å². The van der Waals surface area contributed by atoms with Gasteiger partial charge in [-0.05, 0) is 19.3 Å². The molecule has 90 valence electrons. The van der Waals surface area contributed by atoms with Crippen molar-refractivity contribution in [2.45, 2.75) is 40.0 Å². The summed E-state index contributed by atoms with van der Waals surface area (Å²) in [6, 6.07) is 4.91. The number of allylic oxidation sites excluding steroid dienone is 4. The third kappa shape index (κ3) is 2.34. The first-order valence-electron chi connectivity index (χ1n) is 6.08. The average molecular weight is 230 g/mol. The number of hydrogen-bond donors (Lipinski definition) is 0. The first-order valence-corrected chi connectivity index (χ1v) is 6.08. The predicted octanol–water partition coefficient (Wildman–Crippen LogP) is 4.04. The van der Waals surface area contributed by atoms with Gasteiger partial charge in [0, 0.05) is 5.01 Å². The van der Waals surface area contributed by atoms with Crippen LogP contribution in [-0.2, 0) is 0 Å². The standard InChI is InChI=1S/C14H18N2O/c1-4-11-7-12(5-2)13(9-15)14(6-3,8-11)10-16-17/h7-8,13H,4-6H2,1-3H3. The Morgan fingerprint density at radius 2 is 2.12 bits per heavy atom. The Morgan fingerprint density at radius 1 is 1.41 bits per heavy atom. The molecule has 0 aromatic carbocycles. The molecule has 0 spiro atoms. The van der Waals surface area contributed by atoms with Crippen LogP contribution in [0.2, 0.25) is 0 Å². The summed E-state index contributed by atoms with van der Waals surface area (Å²) in [6.07, 6.45) is 6.44. The molecule has 0 saturated carbocycles. The Labute approximate surface area is 103 Å². The highest BCUT2D eigenvalue weighted by molar-refractivity contribution is 5.42. The zero-order valence-corrected chi connectivity index (χ0v) is 10.7. The summed E-state index contributed by atoms with van der Waals surface area (Å²) in [5, 5.41) is 22.7. The molecule has 1 rings (SSSR count). The van der Waals surface area contributed by atoms with Gasteiger partial charge in [-0.3, -0.25) is 0 Å². The minimum atomic E-state index is -0.637. The van der Waals surface area contributed by atoms with Gasteiger partial charge in [-0.15, -0.1) is 0 Å². The lowest BCUT2D eigenvalue weighted by atomic mass is 9.67. The largest absolute Gasteiger partial charge is 0.498 e. The van der Waals surface area contributed by atoms with Crippen molar-refractivity contribution in [1.29, 1.82) is 5.26 Å². The van der Waals surface area contributed by atoms with Crippen LogP contribution >= 0.6 is 0 Å². The van der Waals surface area contributed by atoms with Crippen molar-refractivity contribution in [3.05, 3.63) is 33.5 Å². The third-order valence-corrected chi connectivity index (χ3v) is 3.48. The number of nitriles is 1. The van der Waals surface area contributed by atoms with Gasteiger partial charge in [-0.2, -0.15) is 5.26 Å². The van der Waals surface area contributed by atoms with E-state index in [1.54, 1.807) is 0 Å². The lowest BCUT2D eigenvalue weighted by Gasteiger charge is -2.30. The molecule has 3 heteroatoms. The van der Waals surface area contributed by atoms with Crippen LogP contribution in [0.25, 0.3) is 5.01 Å². The van der Waals surface area contributed by atoms with Crippen molar-refractivity contribution in [3.8, 4) is 12.1 Å². The molecule has 0 aromatic rings. The number of nitrogens with zero attached hydrogens (tertiary/aromatic N) is 2. The van der Waals surface area contributed by atoms with E-state index in [0.717, 1.165) is 24.0 Å². The molecule has 2 unspecified atom stereocenters. The van der Waals surface area contributed by atoms with Crippen LogP contribution in [0.15, 0.2) is 23.3 Å². The Bertz CT molecular complexity index is 445. The van der Waals surface area contributed by atoms with Gasteiger partial charge in [-0.1, -0.05) is 44.1 Å². The van der Waals surface area contributed by atoms with Gasteiger partial charge in [0.15, 0.2) is 0 Å². The molecule has 17 heavy (non-hydrogen) atoms. The topological polar surface area (TPSA) is 51.2 Å². The Balaban J connectivity index is 3.35. The van der Waals surface area contributed by atoms with E-state index in [4.69, 9.17) is 0 Å². The minimum absolute atomic E-state index is 0.314. The highest BCUT2D eigenvalue weighted by Gasteiger charge is 2.43. The summed E-state index contributed by atoms with van der Waals surface area (Å²) in [5.41, 5.74) is 1.60. The monoisotopic (exact) mass is 230 g/mol. The zero-order valence-electron chi connectivity index (χ0n) is 10.7. The molecule has 0 saturated heterocycles. The van der Waals surface area contributed by atoms with E-state index in [-0.39, 0.29) is 5.92 Å². The molecular weight excluding hydrogens is 212 g/mol. The zero-order chi connectivity index (χ0) is 12.9. The summed E-state index contributed by atoms with van der Waals surface area (Å²) >= 11 is 0. The van der Waals surface area contributed by atoms with Gasteiger partial charge in [0.1, 0.15) is 5.41 Å². The van der Waals surface area contributed by atoms with Gasteiger partial charge in [-0.25, -0.2) is 0 Å². The van der Waals surface area contributed by atoms with Gasteiger partial charge in [0.05, 0.1) is 12.0 Å². The molecule has 3 nitrogen and oxygen atoms in total. The SMILES string of the molecule is CCC1=CC(C#[N+][O-])(CC)C(C#N)C(CC)=C1. The molecule has 1 aliphatic carbocycles. The van der Waals surface area contributed by atoms with Crippen molar-refractivity contribution in [2.24, 2.45) is 11.3 Å². The van der Waals surface area contributed by atoms with Crippen molar-refractivity contribution in [1.82, 2.24) is 0 Å². The lowest BCUT2D eigenvalue weighted by molar-refractivity contribution is 0.395. The predicted molar refractivity (Wildman–Crippen MR) is 69.2 cm³/mol. The molecule has 0 heterocycles. The molecular formula is C14H18N2O. The first-order chi connectivity index (χ1) is 8.17. The van der Waals surface area contributed by atoms with Gasteiger partial charge in [0.25, 0.3) is 0 Å². The summed E-state index contributed by atoms with van der Waals surface area (Å²) in [4.78, 5) is 0. The third-order valence-electron chi connectivity index (χ3n) is 3.48. The fraction of sp³-hybridized carbons (Fsp3) is 0.571. The molecule has 1 aliphatic rings. The van der Waals surface area contributed by atoms with Crippen LogP contribution in [0.3, 0.4) is 0 Å². The molecule has 0 N–H and O–H groups in total. The van der Waals surface area contributed by atoms with Crippen LogP contribution in [0, 0.1) is 33.9 Å². The second kappa shape index (κ2) is 5.55. The maximum atomic E-state index is 10.6. The fourth-order valence-electron chi connectivity index (χ4n) is 2.38. The first kappa shape index (κ1) is 13.3. The number of hydrogen-bond acceptors (Lipinski definition) is 2. The van der Waals surface area contributed by atoms with Crippen molar-refractivity contribution < 1.29 is 0 Å². The molecule has 0 fully saturated rings. The highest BCUT2D eigenvalue weighted by atomic mass is 16.4. The molecule has 0 bridgehead atoms. The maximum Gasteiger partial charge on any atom is 0.311 e. The fourth-order valence-corrected chi connectivity index (χ4v) is 2.38. The quantitative estimate of drug-likeness (QED) is 0.687. The summed E-state index contributed by atoms with van der Waals surface area (Å²) in [6.45, 7) is 6.06. The minimum Gasteiger partial charge on any atom is -0.498 e. The molecule has 0 radical (unpaired) electrons. The van der Waals surface area contributed by atoms with Crippen LogP contribution < -0.4 is 0 Å². The highest BCUT2D eigenvalue weighted by Crippen LogP contribution is 2.43. The van der Waals surface area contributed by atoms with Gasteiger partial charge < -0.3 is 5.21 Å². The van der Waals surface area contributed by atoms with Crippen molar-refractivity contribution in [3.63, 3.8) is 0 Å². The van der Waals surface area contributed by atoms with E-state index in [2.05, 4.69) is 30.1 Å². The average Bonchev–Trinajstić information content (AvgIpc) is 2.37. The van der Waals surface area contributed by atoms with E-state index in [1.165, 1.54) is 0 Å². The Morgan fingerprint density at radius 3 is 2.53 bits per heavy atom. The van der Waals surface area contributed by atoms with Crippen LogP contribution in [0.4, 0.5) is 0 Å².